The highest BCUT2D eigenvalue weighted by atomic mass is 16.6. The minimum Gasteiger partial charge on any atom is -0.444 e. The fraction of sp³-hybridized carbons (Fsp3) is 0.529. The highest BCUT2D eigenvalue weighted by Crippen LogP contribution is 2.32. The third-order valence-electron chi connectivity index (χ3n) is 4.15. The number of nitrogens with zero attached hydrogens (tertiary/aromatic N) is 2. The number of hydrogen-bond acceptors (Lipinski definition) is 3. The molecule has 2 saturated heterocycles. The number of rotatable bonds is 1. The van der Waals surface area contributed by atoms with Gasteiger partial charge < -0.3 is 19.9 Å². The molecule has 1 aromatic rings. The Morgan fingerprint density at radius 1 is 1.09 bits per heavy atom. The van der Waals surface area contributed by atoms with Crippen molar-refractivity contribution in [2.45, 2.75) is 44.9 Å². The molecule has 0 spiro atoms. The Morgan fingerprint density at radius 3 is 2.26 bits per heavy atom. The summed E-state index contributed by atoms with van der Waals surface area (Å²) < 4.78 is 5.43. The minimum absolute atomic E-state index is 0.0522. The summed E-state index contributed by atoms with van der Waals surface area (Å²) in [6, 6.07) is 9.41. The van der Waals surface area contributed by atoms with Crippen LogP contribution < -0.4 is 5.32 Å². The fourth-order valence-corrected chi connectivity index (χ4v) is 3.18. The molecule has 0 aromatic heterocycles. The Balaban J connectivity index is 1.58. The number of ether oxygens (including phenoxy) is 1. The largest absolute Gasteiger partial charge is 0.444 e. The Kier molecular flexibility index (Phi) is 3.92. The van der Waals surface area contributed by atoms with Crippen LogP contribution in [0.4, 0.5) is 15.3 Å². The number of benzene rings is 1. The second-order valence-corrected chi connectivity index (χ2v) is 7.12. The number of hydrogen-bond donors (Lipinski definition) is 1. The van der Waals surface area contributed by atoms with Gasteiger partial charge in [0.05, 0.1) is 12.1 Å². The van der Waals surface area contributed by atoms with Crippen LogP contribution in [0.2, 0.25) is 0 Å². The van der Waals surface area contributed by atoms with Crippen LogP contribution in [-0.4, -0.2) is 52.7 Å². The molecule has 1 aromatic carbocycles. The summed E-state index contributed by atoms with van der Waals surface area (Å²) in [5, 5.41) is 2.90. The summed E-state index contributed by atoms with van der Waals surface area (Å²) >= 11 is 0. The van der Waals surface area contributed by atoms with Crippen molar-refractivity contribution < 1.29 is 14.3 Å². The molecular formula is C17H23N3O3. The summed E-state index contributed by atoms with van der Waals surface area (Å²) in [6.45, 7) is 6.68. The van der Waals surface area contributed by atoms with Crippen LogP contribution >= 0.6 is 0 Å². The van der Waals surface area contributed by atoms with Crippen molar-refractivity contribution in [3.05, 3.63) is 30.3 Å². The van der Waals surface area contributed by atoms with Crippen LogP contribution in [0.15, 0.2) is 30.3 Å². The average molecular weight is 317 g/mol. The smallest absolute Gasteiger partial charge is 0.410 e. The summed E-state index contributed by atoms with van der Waals surface area (Å²) in [5.74, 6) is 0. The molecule has 2 heterocycles. The third kappa shape index (κ3) is 3.41. The molecule has 3 amide bonds. The Hall–Kier alpha value is -2.24. The molecule has 0 radical (unpaired) electrons. The lowest BCUT2D eigenvalue weighted by Crippen LogP contribution is -2.52. The molecule has 2 aliphatic heterocycles. The van der Waals surface area contributed by atoms with Crippen LogP contribution in [0, 0.1) is 0 Å². The van der Waals surface area contributed by atoms with Crippen LogP contribution in [0.3, 0.4) is 0 Å². The van der Waals surface area contributed by atoms with E-state index in [1.54, 1.807) is 4.90 Å². The number of fused-ring (bicyclic) bond motifs is 2. The molecule has 2 bridgehead atoms. The highest BCUT2D eigenvalue weighted by molar-refractivity contribution is 5.90. The molecule has 2 aliphatic rings. The molecule has 2 atom stereocenters. The maximum atomic E-state index is 12.4. The highest BCUT2D eigenvalue weighted by Gasteiger charge is 2.48. The van der Waals surface area contributed by atoms with Gasteiger partial charge in [-0.2, -0.15) is 0 Å². The Labute approximate surface area is 136 Å². The number of urea groups is 1. The molecule has 2 fully saturated rings. The maximum Gasteiger partial charge on any atom is 0.410 e. The Bertz CT molecular complexity index is 597. The number of amides is 3. The number of piperazine rings is 1. The van der Waals surface area contributed by atoms with E-state index >= 15 is 0 Å². The van der Waals surface area contributed by atoms with Gasteiger partial charge in [-0.3, -0.25) is 0 Å². The van der Waals surface area contributed by atoms with E-state index in [1.165, 1.54) is 0 Å². The lowest BCUT2D eigenvalue weighted by Gasteiger charge is -2.35. The van der Waals surface area contributed by atoms with E-state index in [1.807, 2.05) is 56.0 Å². The van der Waals surface area contributed by atoms with Crippen molar-refractivity contribution in [2.24, 2.45) is 0 Å². The molecule has 2 unspecified atom stereocenters. The van der Waals surface area contributed by atoms with Gasteiger partial charge in [-0.15, -0.1) is 0 Å². The van der Waals surface area contributed by atoms with Crippen molar-refractivity contribution >= 4 is 17.8 Å². The maximum absolute atomic E-state index is 12.4. The zero-order valence-electron chi connectivity index (χ0n) is 13.8. The lowest BCUT2D eigenvalue weighted by molar-refractivity contribution is 0.0156. The molecule has 0 saturated carbocycles. The first-order valence-electron chi connectivity index (χ1n) is 7.96. The molecule has 23 heavy (non-hydrogen) atoms. The second-order valence-electron chi connectivity index (χ2n) is 7.12. The number of likely N-dealkylation sites (tertiary alicyclic amines) is 2. The van der Waals surface area contributed by atoms with Gasteiger partial charge in [0.2, 0.25) is 0 Å². The molecule has 3 rings (SSSR count). The first-order chi connectivity index (χ1) is 10.8. The number of nitrogens with one attached hydrogen (secondary N) is 1. The fourth-order valence-electron chi connectivity index (χ4n) is 3.18. The monoisotopic (exact) mass is 317 g/mol. The van der Waals surface area contributed by atoms with E-state index in [0.29, 0.717) is 13.1 Å². The molecule has 6 heteroatoms. The SMILES string of the molecule is CC(C)(C)OC(=O)N1CC2CC1CN2C(=O)Nc1ccccc1. The lowest BCUT2D eigenvalue weighted by atomic mass is 10.2. The van der Waals surface area contributed by atoms with E-state index in [0.717, 1.165) is 12.1 Å². The minimum atomic E-state index is -0.497. The van der Waals surface area contributed by atoms with E-state index < -0.39 is 5.60 Å². The predicted octanol–water partition coefficient (Wildman–Crippen LogP) is 2.91. The van der Waals surface area contributed by atoms with Gasteiger partial charge in [0.25, 0.3) is 0 Å². The van der Waals surface area contributed by atoms with E-state index in [4.69, 9.17) is 4.74 Å². The van der Waals surface area contributed by atoms with Crippen molar-refractivity contribution in [2.75, 3.05) is 18.4 Å². The quantitative estimate of drug-likeness (QED) is 0.866. The van der Waals surface area contributed by atoms with Gasteiger partial charge in [0, 0.05) is 18.8 Å². The van der Waals surface area contributed by atoms with Crippen LogP contribution in [0.5, 0.6) is 0 Å². The van der Waals surface area contributed by atoms with Crippen molar-refractivity contribution in [1.29, 1.82) is 0 Å². The number of carbonyl (C=O) groups excluding carboxylic acids is 2. The zero-order valence-corrected chi connectivity index (χ0v) is 13.8. The summed E-state index contributed by atoms with van der Waals surface area (Å²) in [6.07, 6.45) is 0.537. The molecule has 124 valence electrons. The first kappa shape index (κ1) is 15.6. The third-order valence-corrected chi connectivity index (χ3v) is 4.15. The van der Waals surface area contributed by atoms with Crippen molar-refractivity contribution in [3.8, 4) is 0 Å². The van der Waals surface area contributed by atoms with Gasteiger partial charge in [0.15, 0.2) is 0 Å². The average Bonchev–Trinajstić information content (AvgIpc) is 3.06. The normalized spacial score (nSPS) is 23.1. The zero-order chi connectivity index (χ0) is 16.6. The van der Waals surface area contributed by atoms with Gasteiger partial charge in [0.1, 0.15) is 5.60 Å². The van der Waals surface area contributed by atoms with Gasteiger partial charge in [-0.25, -0.2) is 9.59 Å². The number of anilines is 1. The van der Waals surface area contributed by atoms with Gasteiger partial charge in [-0.05, 0) is 39.3 Å². The van der Waals surface area contributed by atoms with E-state index in [9.17, 15) is 9.59 Å². The topological polar surface area (TPSA) is 61.9 Å². The van der Waals surface area contributed by atoms with E-state index in [2.05, 4.69) is 5.32 Å². The number of carbonyl (C=O) groups is 2. The summed E-state index contributed by atoms with van der Waals surface area (Å²) in [5.41, 5.74) is 0.285. The second kappa shape index (κ2) is 5.76. The van der Waals surface area contributed by atoms with Crippen molar-refractivity contribution in [1.82, 2.24) is 9.80 Å². The van der Waals surface area contributed by atoms with Crippen LogP contribution in [0.1, 0.15) is 27.2 Å². The summed E-state index contributed by atoms with van der Waals surface area (Å²) in [4.78, 5) is 28.2. The molecule has 0 aliphatic carbocycles. The number of para-hydroxylation sites is 1. The van der Waals surface area contributed by atoms with Crippen LogP contribution in [0.25, 0.3) is 0 Å². The summed E-state index contributed by atoms with van der Waals surface area (Å²) in [7, 11) is 0. The first-order valence-corrected chi connectivity index (χ1v) is 7.96. The van der Waals surface area contributed by atoms with Gasteiger partial charge in [-0.1, -0.05) is 18.2 Å². The van der Waals surface area contributed by atoms with Gasteiger partial charge >= 0.3 is 12.1 Å². The Morgan fingerprint density at radius 2 is 1.70 bits per heavy atom. The molecule has 1 N–H and O–H groups in total. The standard InChI is InChI=1S/C17H23N3O3/c1-17(2,3)23-16(22)20-11-13-9-14(20)10-19(13)15(21)18-12-7-5-4-6-8-12/h4-8,13-14H,9-11H2,1-3H3,(H,18,21). The van der Waals surface area contributed by atoms with Crippen LogP contribution in [-0.2, 0) is 4.74 Å². The predicted molar refractivity (Wildman–Crippen MR) is 87.3 cm³/mol. The van der Waals surface area contributed by atoms with Crippen molar-refractivity contribution in [3.63, 3.8) is 0 Å². The van der Waals surface area contributed by atoms with E-state index in [-0.39, 0.29) is 24.2 Å². The molecular weight excluding hydrogens is 294 g/mol. The molecule has 6 nitrogen and oxygen atoms in total.